The Morgan fingerprint density at radius 1 is 1.06 bits per heavy atom. The number of ether oxygens (including phenoxy) is 1. The molecule has 3 aromatic rings. The molecule has 0 saturated heterocycles. The molecule has 0 aliphatic heterocycles. The van der Waals surface area contributed by atoms with Crippen LogP contribution >= 0.6 is 0 Å². The molecule has 164 valence electrons. The summed E-state index contributed by atoms with van der Waals surface area (Å²) in [4.78, 5) is 23.2. The summed E-state index contributed by atoms with van der Waals surface area (Å²) in [5.41, 5.74) is 3.56. The molecule has 0 atom stereocenters. The second kappa shape index (κ2) is 10.8. The summed E-state index contributed by atoms with van der Waals surface area (Å²) in [5, 5.41) is 6.22. The predicted molar refractivity (Wildman–Crippen MR) is 130 cm³/mol. The van der Waals surface area contributed by atoms with Gasteiger partial charge in [0.15, 0.2) is 0 Å². The molecule has 7 heteroatoms. The number of hydrogen-bond acceptors (Lipinski definition) is 5. The third kappa shape index (κ3) is 5.72. The standard InChI is InChI=1S/C25H27N5O2/c1-5-13-30(25(31)29-24-18(3)9-7-10-19(24)4)23-16-22(26-17-27-23)28-20-11-8-12-21(15-20)32-14-6-2/h5-12,15-17H,1-2,13-14H2,3-4H3,(H,29,31)(H,26,27,28). The lowest BCUT2D eigenvalue weighted by molar-refractivity contribution is 0.257. The number of nitrogens with zero attached hydrogens (tertiary/aromatic N) is 3. The van der Waals surface area contributed by atoms with Crippen LogP contribution in [0.3, 0.4) is 0 Å². The summed E-state index contributed by atoms with van der Waals surface area (Å²) in [5.74, 6) is 1.71. The maximum absolute atomic E-state index is 13.1. The number of anilines is 4. The maximum atomic E-state index is 13.1. The molecule has 2 aromatic carbocycles. The number of urea groups is 1. The number of carbonyl (C=O) groups is 1. The van der Waals surface area contributed by atoms with Crippen molar-refractivity contribution < 1.29 is 9.53 Å². The van der Waals surface area contributed by atoms with Crippen molar-refractivity contribution in [3.05, 3.63) is 91.3 Å². The van der Waals surface area contributed by atoms with Gasteiger partial charge < -0.3 is 15.4 Å². The van der Waals surface area contributed by atoms with E-state index in [1.165, 1.54) is 11.2 Å². The van der Waals surface area contributed by atoms with Gasteiger partial charge in [0.1, 0.15) is 30.3 Å². The summed E-state index contributed by atoms with van der Waals surface area (Å²) >= 11 is 0. The number of carbonyl (C=O) groups excluding carboxylic acids is 1. The van der Waals surface area contributed by atoms with Crippen LogP contribution in [0.15, 0.2) is 80.2 Å². The van der Waals surface area contributed by atoms with Crippen molar-refractivity contribution in [1.82, 2.24) is 9.97 Å². The summed E-state index contributed by atoms with van der Waals surface area (Å²) in [7, 11) is 0. The molecule has 0 saturated carbocycles. The molecule has 32 heavy (non-hydrogen) atoms. The van der Waals surface area contributed by atoms with Crippen molar-refractivity contribution in [2.75, 3.05) is 28.7 Å². The van der Waals surface area contributed by atoms with Crippen LogP contribution in [0.1, 0.15) is 11.1 Å². The Morgan fingerprint density at radius 3 is 2.53 bits per heavy atom. The van der Waals surface area contributed by atoms with Gasteiger partial charge in [0.05, 0.1) is 0 Å². The molecular formula is C25H27N5O2. The van der Waals surface area contributed by atoms with Crippen molar-refractivity contribution in [3.63, 3.8) is 0 Å². The molecule has 1 aromatic heterocycles. The van der Waals surface area contributed by atoms with Gasteiger partial charge in [-0.3, -0.25) is 4.90 Å². The lowest BCUT2D eigenvalue weighted by atomic mass is 10.1. The summed E-state index contributed by atoms with van der Waals surface area (Å²) in [6, 6.07) is 14.8. The first-order valence-electron chi connectivity index (χ1n) is 10.2. The number of nitrogens with one attached hydrogen (secondary N) is 2. The van der Waals surface area contributed by atoms with E-state index >= 15 is 0 Å². The van der Waals surface area contributed by atoms with Crippen LogP contribution in [0.25, 0.3) is 0 Å². The van der Waals surface area contributed by atoms with Crippen LogP contribution in [0.5, 0.6) is 5.75 Å². The van der Waals surface area contributed by atoms with Crippen LogP contribution in [0, 0.1) is 13.8 Å². The molecule has 3 rings (SSSR count). The molecule has 2 N–H and O–H groups in total. The van der Waals surface area contributed by atoms with E-state index in [4.69, 9.17) is 4.74 Å². The summed E-state index contributed by atoms with van der Waals surface area (Å²) in [6.45, 7) is 12.1. The van der Waals surface area contributed by atoms with Gasteiger partial charge in [0, 0.05) is 30.1 Å². The van der Waals surface area contributed by atoms with Crippen LogP contribution in [0.2, 0.25) is 0 Å². The van der Waals surface area contributed by atoms with E-state index in [1.54, 1.807) is 18.2 Å². The monoisotopic (exact) mass is 429 g/mol. The minimum Gasteiger partial charge on any atom is -0.489 e. The smallest absolute Gasteiger partial charge is 0.327 e. The minimum atomic E-state index is -0.299. The average molecular weight is 430 g/mol. The first-order valence-corrected chi connectivity index (χ1v) is 10.2. The first kappa shape index (κ1) is 22.6. The quantitative estimate of drug-likeness (QED) is 0.431. The van der Waals surface area contributed by atoms with E-state index in [-0.39, 0.29) is 12.6 Å². The lowest BCUT2D eigenvalue weighted by Crippen LogP contribution is -2.36. The number of para-hydroxylation sites is 1. The zero-order valence-corrected chi connectivity index (χ0v) is 18.3. The highest BCUT2D eigenvalue weighted by Gasteiger charge is 2.18. The Balaban J connectivity index is 1.81. The topological polar surface area (TPSA) is 79.4 Å². The second-order valence-corrected chi connectivity index (χ2v) is 7.11. The Labute approximate surface area is 188 Å². The molecule has 0 spiro atoms. The van der Waals surface area contributed by atoms with Crippen LogP contribution in [0.4, 0.5) is 27.8 Å². The molecule has 0 bridgehead atoms. The van der Waals surface area contributed by atoms with Crippen molar-refractivity contribution in [2.24, 2.45) is 0 Å². The van der Waals surface area contributed by atoms with Crippen LogP contribution in [-0.2, 0) is 0 Å². The first-order chi connectivity index (χ1) is 15.5. The third-order valence-electron chi connectivity index (χ3n) is 4.67. The van der Waals surface area contributed by atoms with Gasteiger partial charge in [0.25, 0.3) is 0 Å². The van der Waals surface area contributed by atoms with E-state index in [1.807, 2.05) is 56.3 Å². The molecule has 7 nitrogen and oxygen atoms in total. The molecule has 0 aliphatic carbocycles. The van der Waals surface area contributed by atoms with E-state index in [0.29, 0.717) is 24.0 Å². The van der Waals surface area contributed by atoms with Crippen molar-refractivity contribution in [1.29, 1.82) is 0 Å². The Bertz CT molecular complexity index is 1090. The zero-order valence-electron chi connectivity index (χ0n) is 18.3. The molecule has 0 unspecified atom stereocenters. The summed E-state index contributed by atoms with van der Waals surface area (Å²) < 4.78 is 5.57. The Hall–Kier alpha value is -4.13. The number of benzene rings is 2. The zero-order chi connectivity index (χ0) is 22.9. The fourth-order valence-electron chi connectivity index (χ4n) is 3.13. The molecule has 2 amide bonds. The van der Waals surface area contributed by atoms with Gasteiger partial charge in [-0.25, -0.2) is 14.8 Å². The molecule has 0 radical (unpaired) electrons. The fraction of sp³-hybridized carbons (Fsp3) is 0.160. The normalized spacial score (nSPS) is 10.2. The number of amides is 2. The van der Waals surface area contributed by atoms with Crippen LogP contribution < -0.4 is 20.3 Å². The molecular weight excluding hydrogens is 402 g/mol. The lowest BCUT2D eigenvalue weighted by Gasteiger charge is -2.22. The number of aromatic nitrogens is 2. The highest BCUT2D eigenvalue weighted by atomic mass is 16.5. The highest BCUT2D eigenvalue weighted by Crippen LogP contribution is 2.24. The van der Waals surface area contributed by atoms with Crippen molar-refractivity contribution in [2.45, 2.75) is 13.8 Å². The molecule has 1 heterocycles. The predicted octanol–water partition coefficient (Wildman–Crippen LogP) is 5.63. The minimum absolute atomic E-state index is 0.290. The van der Waals surface area contributed by atoms with E-state index < -0.39 is 0 Å². The van der Waals surface area contributed by atoms with E-state index in [2.05, 4.69) is 33.8 Å². The van der Waals surface area contributed by atoms with Gasteiger partial charge >= 0.3 is 6.03 Å². The van der Waals surface area contributed by atoms with Crippen molar-refractivity contribution >= 4 is 29.0 Å². The van der Waals surface area contributed by atoms with Gasteiger partial charge in [-0.05, 0) is 37.1 Å². The SMILES string of the molecule is C=CCOc1cccc(Nc2cc(N(CC=C)C(=O)Nc3c(C)cccc3C)ncn2)c1. The van der Waals surface area contributed by atoms with Gasteiger partial charge in [0.2, 0.25) is 0 Å². The van der Waals surface area contributed by atoms with Gasteiger partial charge in [-0.1, -0.05) is 43.0 Å². The summed E-state index contributed by atoms with van der Waals surface area (Å²) in [6.07, 6.45) is 4.76. The van der Waals surface area contributed by atoms with Gasteiger partial charge in [-0.15, -0.1) is 6.58 Å². The largest absolute Gasteiger partial charge is 0.489 e. The number of rotatable bonds is 9. The fourth-order valence-corrected chi connectivity index (χ4v) is 3.13. The maximum Gasteiger partial charge on any atom is 0.327 e. The Kier molecular flexibility index (Phi) is 7.59. The molecule has 0 aliphatic rings. The third-order valence-corrected chi connectivity index (χ3v) is 4.67. The van der Waals surface area contributed by atoms with E-state index in [0.717, 1.165) is 22.5 Å². The number of aryl methyl sites for hydroxylation is 2. The highest BCUT2D eigenvalue weighted by molar-refractivity contribution is 6.02. The van der Waals surface area contributed by atoms with Crippen LogP contribution in [-0.4, -0.2) is 29.2 Å². The van der Waals surface area contributed by atoms with Gasteiger partial charge in [-0.2, -0.15) is 0 Å². The molecule has 0 fully saturated rings. The Morgan fingerprint density at radius 2 is 1.81 bits per heavy atom. The second-order valence-electron chi connectivity index (χ2n) is 7.11. The average Bonchev–Trinajstić information content (AvgIpc) is 2.79. The van der Waals surface area contributed by atoms with E-state index in [9.17, 15) is 4.79 Å². The number of hydrogen-bond donors (Lipinski definition) is 2. The van der Waals surface area contributed by atoms with Crippen molar-refractivity contribution in [3.8, 4) is 5.75 Å².